The number of benzene rings is 2. The number of carbonyl (C=O) groups excluding carboxylic acids is 2. The molecule has 2 rings (SSSR count). The smallest absolute Gasteiger partial charge is 0.317 e. The van der Waals surface area contributed by atoms with Crippen molar-refractivity contribution in [3.05, 3.63) is 48.0 Å². The quantitative estimate of drug-likeness (QED) is 0.476. The van der Waals surface area contributed by atoms with Gasteiger partial charge in [-0.1, -0.05) is 56.3 Å². The Balaban J connectivity index is 2.46. The molecule has 1 unspecified atom stereocenters. The van der Waals surface area contributed by atoms with E-state index in [1.165, 1.54) is 0 Å². The summed E-state index contributed by atoms with van der Waals surface area (Å²) in [5.74, 6) is -1.46. The maximum atomic E-state index is 12.8. The van der Waals surface area contributed by atoms with Crippen molar-refractivity contribution < 1.29 is 14.3 Å². The van der Waals surface area contributed by atoms with Gasteiger partial charge in [0, 0.05) is 5.56 Å². The van der Waals surface area contributed by atoms with Crippen LogP contribution in [-0.2, 0) is 9.53 Å². The van der Waals surface area contributed by atoms with Crippen molar-refractivity contribution in [3.63, 3.8) is 0 Å². The van der Waals surface area contributed by atoms with Gasteiger partial charge in [-0.25, -0.2) is 0 Å². The highest BCUT2D eigenvalue weighted by atomic mass is 16.5. The second kappa shape index (κ2) is 6.53. The van der Waals surface area contributed by atoms with E-state index < -0.39 is 11.9 Å². The molecule has 2 aromatic carbocycles. The van der Waals surface area contributed by atoms with Crippen LogP contribution in [-0.4, -0.2) is 18.4 Å². The minimum absolute atomic E-state index is 0.101. The van der Waals surface area contributed by atoms with Gasteiger partial charge in [-0.2, -0.15) is 0 Å². The van der Waals surface area contributed by atoms with Crippen LogP contribution in [0.3, 0.4) is 0 Å². The molecule has 0 aromatic heterocycles. The molecule has 110 valence electrons. The molecule has 0 aliphatic heterocycles. The molecule has 3 nitrogen and oxygen atoms in total. The van der Waals surface area contributed by atoms with Crippen molar-refractivity contribution in [1.82, 2.24) is 0 Å². The van der Waals surface area contributed by atoms with Crippen molar-refractivity contribution in [1.29, 1.82) is 0 Å². The first-order valence-corrected chi connectivity index (χ1v) is 7.24. The van der Waals surface area contributed by atoms with Gasteiger partial charge in [-0.3, -0.25) is 9.59 Å². The molecular weight excluding hydrogens is 264 g/mol. The van der Waals surface area contributed by atoms with Gasteiger partial charge in [0.15, 0.2) is 5.78 Å². The summed E-state index contributed by atoms with van der Waals surface area (Å²) < 4.78 is 5.06. The highest BCUT2D eigenvalue weighted by Crippen LogP contribution is 2.25. The molecule has 0 radical (unpaired) electrons. The number of esters is 1. The zero-order valence-electron chi connectivity index (χ0n) is 12.6. The third-order valence-corrected chi connectivity index (χ3v) is 3.54. The summed E-state index contributed by atoms with van der Waals surface area (Å²) in [5.41, 5.74) is 0.583. The molecule has 0 amide bonds. The maximum Gasteiger partial charge on any atom is 0.317 e. The lowest BCUT2D eigenvalue weighted by molar-refractivity contribution is -0.147. The van der Waals surface area contributed by atoms with Gasteiger partial charge >= 0.3 is 5.97 Å². The Morgan fingerprint density at radius 3 is 2.38 bits per heavy atom. The number of hydrogen-bond acceptors (Lipinski definition) is 3. The Labute approximate surface area is 124 Å². The van der Waals surface area contributed by atoms with Crippen molar-refractivity contribution in [2.45, 2.75) is 20.8 Å². The number of Topliss-reactive ketones (excluding diaryl/α,β-unsaturated/α-hetero) is 1. The normalized spacial score (nSPS) is 12.4. The molecule has 1 atom stereocenters. The first-order valence-electron chi connectivity index (χ1n) is 7.24. The summed E-state index contributed by atoms with van der Waals surface area (Å²) >= 11 is 0. The molecule has 0 fully saturated rings. The molecule has 0 saturated heterocycles. The zero-order chi connectivity index (χ0) is 15.4. The Morgan fingerprint density at radius 2 is 1.71 bits per heavy atom. The molecule has 2 aromatic rings. The number of fused-ring (bicyclic) bond motifs is 1. The minimum Gasteiger partial charge on any atom is -0.465 e. The van der Waals surface area contributed by atoms with E-state index in [4.69, 9.17) is 4.74 Å². The number of ether oxygens (including phenoxy) is 1. The van der Waals surface area contributed by atoms with Gasteiger partial charge in [-0.05, 0) is 23.6 Å². The van der Waals surface area contributed by atoms with Crippen LogP contribution in [0.4, 0.5) is 0 Å². The summed E-state index contributed by atoms with van der Waals surface area (Å²) in [6.07, 6.45) is 0. The summed E-state index contributed by atoms with van der Waals surface area (Å²) in [5, 5.41) is 1.87. The monoisotopic (exact) mass is 284 g/mol. The fraction of sp³-hybridized carbons (Fsp3) is 0.333. The van der Waals surface area contributed by atoms with E-state index in [0.29, 0.717) is 5.56 Å². The van der Waals surface area contributed by atoms with Crippen LogP contribution < -0.4 is 0 Å². The highest BCUT2D eigenvalue weighted by Gasteiger charge is 2.32. The number of rotatable bonds is 5. The van der Waals surface area contributed by atoms with Gasteiger partial charge in [0.2, 0.25) is 0 Å². The van der Waals surface area contributed by atoms with Crippen LogP contribution in [0, 0.1) is 11.8 Å². The minimum atomic E-state index is -0.754. The Bertz CT molecular complexity index is 653. The third kappa shape index (κ3) is 3.13. The Kier molecular flexibility index (Phi) is 4.73. The molecule has 0 aliphatic rings. The molecular formula is C18H20O3. The largest absolute Gasteiger partial charge is 0.465 e. The molecule has 21 heavy (non-hydrogen) atoms. The summed E-state index contributed by atoms with van der Waals surface area (Å²) in [6.45, 7) is 5.76. The molecule has 0 N–H and O–H groups in total. The van der Waals surface area contributed by atoms with E-state index in [0.717, 1.165) is 10.8 Å². The van der Waals surface area contributed by atoms with Crippen LogP contribution in [0.25, 0.3) is 10.8 Å². The molecule has 0 saturated carbocycles. The van der Waals surface area contributed by atoms with Gasteiger partial charge < -0.3 is 4.74 Å². The molecule has 0 heterocycles. The Hall–Kier alpha value is -2.16. The average molecular weight is 284 g/mol. The second-order valence-electron chi connectivity index (χ2n) is 5.36. The first kappa shape index (κ1) is 15.2. The van der Waals surface area contributed by atoms with Gasteiger partial charge in [0.1, 0.15) is 5.92 Å². The lowest BCUT2D eigenvalue weighted by Crippen LogP contribution is -2.31. The van der Waals surface area contributed by atoms with E-state index in [-0.39, 0.29) is 18.3 Å². The number of ketones is 1. The molecule has 0 spiro atoms. The van der Waals surface area contributed by atoms with Crippen LogP contribution in [0.1, 0.15) is 31.1 Å². The van der Waals surface area contributed by atoms with Crippen molar-refractivity contribution in [3.8, 4) is 0 Å². The summed E-state index contributed by atoms with van der Waals surface area (Å²) in [6, 6.07) is 13.3. The molecule has 0 bridgehead atoms. The van der Waals surface area contributed by atoms with Crippen LogP contribution >= 0.6 is 0 Å². The fourth-order valence-corrected chi connectivity index (χ4v) is 2.52. The zero-order valence-corrected chi connectivity index (χ0v) is 12.6. The van der Waals surface area contributed by atoms with E-state index in [1.54, 1.807) is 13.0 Å². The molecule has 3 heteroatoms. The predicted molar refractivity (Wildman–Crippen MR) is 83.2 cm³/mol. The van der Waals surface area contributed by atoms with Crippen molar-refractivity contribution in [2.24, 2.45) is 11.8 Å². The number of hydrogen-bond donors (Lipinski definition) is 0. The molecule has 0 aliphatic carbocycles. The number of carbonyl (C=O) groups is 2. The Morgan fingerprint density at radius 1 is 1.05 bits per heavy atom. The van der Waals surface area contributed by atoms with Crippen molar-refractivity contribution in [2.75, 3.05) is 6.61 Å². The van der Waals surface area contributed by atoms with Crippen LogP contribution in [0.15, 0.2) is 42.5 Å². The van der Waals surface area contributed by atoms with E-state index in [2.05, 4.69) is 0 Å². The maximum absolute atomic E-state index is 12.8. The fourth-order valence-electron chi connectivity index (χ4n) is 2.52. The summed E-state index contributed by atoms with van der Waals surface area (Å²) in [7, 11) is 0. The predicted octanol–water partition coefficient (Wildman–Crippen LogP) is 3.86. The first-order chi connectivity index (χ1) is 10.1. The van der Waals surface area contributed by atoms with Crippen LogP contribution in [0.2, 0.25) is 0 Å². The third-order valence-electron chi connectivity index (χ3n) is 3.54. The topological polar surface area (TPSA) is 43.4 Å². The lowest BCUT2D eigenvalue weighted by atomic mass is 9.86. The van der Waals surface area contributed by atoms with Crippen molar-refractivity contribution >= 4 is 22.5 Å². The average Bonchev–Trinajstić information content (AvgIpc) is 2.46. The van der Waals surface area contributed by atoms with E-state index in [1.807, 2.05) is 50.2 Å². The lowest BCUT2D eigenvalue weighted by Gasteiger charge is -2.18. The van der Waals surface area contributed by atoms with E-state index in [9.17, 15) is 9.59 Å². The SMILES string of the molecule is CCOC(=O)C(C(=O)c1cccc2ccccc12)C(C)C. The van der Waals surface area contributed by atoms with Crippen LogP contribution in [0.5, 0.6) is 0 Å². The highest BCUT2D eigenvalue weighted by molar-refractivity contribution is 6.15. The standard InChI is InChI=1S/C18H20O3/c1-4-21-18(20)16(12(2)3)17(19)15-11-7-9-13-8-5-6-10-14(13)15/h5-12,16H,4H2,1-3H3. The summed E-state index contributed by atoms with van der Waals surface area (Å²) in [4.78, 5) is 24.9. The van der Waals surface area contributed by atoms with Gasteiger partial charge in [0.25, 0.3) is 0 Å². The van der Waals surface area contributed by atoms with Gasteiger partial charge in [0.05, 0.1) is 6.61 Å². The van der Waals surface area contributed by atoms with E-state index >= 15 is 0 Å². The second-order valence-corrected chi connectivity index (χ2v) is 5.36. The van der Waals surface area contributed by atoms with Gasteiger partial charge in [-0.15, -0.1) is 0 Å².